The maximum atomic E-state index is 12.3. The number of hydrogen-bond donors (Lipinski definition) is 2. The average molecular weight is 263 g/mol. The fraction of sp³-hybridized carbons (Fsp3) is 0.500. The molecular weight excluding hydrogens is 242 g/mol. The van der Waals surface area contributed by atoms with E-state index in [1.165, 1.54) is 0 Å². The number of benzene rings is 1. The SMILES string of the molecule is CN(C)c1ccc(N)cc1C(=O)NC1CCCOC1. The molecule has 1 atom stereocenters. The Hall–Kier alpha value is -1.75. The van der Waals surface area contributed by atoms with Crippen molar-refractivity contribution in [2.45, 2.75) is 18.9 Å². The second-order valence-electron chi connectivity index (χ2n) is 5.06. The lowest BCUT2D eigenvalue weighted by Crippen LogP contribution is -2.41. The molecule has 104 valence electrons. The zero-order valence-corrected chi connectivity index (χ0v) is 11.5. The molecule has 1 heterocycles. The van der Waals surface area contributed by atoms with E-state index in [1.54, 1.807) is 12.1 Å². The Balaban J connectivity index is 2.15. The third kappa shape index (κ3) is 3.38. The minimum Gasteiger partial charge on any atom is -0.399 e. The summed E-state index contributed by atoms with van der Waals surface area (Å²) in [6.45, 7) is 1.37. The Morgan fingerprint density at radius 1 is 1.47 bits per heavy atom. The lowest BCUT2D eigenvalue weighted by atomic mass is 10.1. The number of anilines is 2. The monoisotopic (exact) mass is 263 g/mol. The largest absolute Gasteiger partial charge is 0.399 e. The summed E-state index contributed by atoms with van der Waals surface area (Å²) >= 11 is 0. The van der Waals surface area contributed by atoms with Crippen molar-refractivity contribution in [2.75, 3.05) is 37.9 Å². The molecule has 1 aliphatic rings. The van der Waals surface area contributed by atoms with Crippen LogP contribution in [0.3, 0.4) is 0 Å². The van der Waals surface area contributed by atoms with Crippen LogP contribution in [-0.2, 0) is 4.74 Å². The fourth-order valence-corrected chi connectivity index (χ4v) is 2.24. The summed E-state index contributed by atoms with van der Waals surface area (Å²) in [6.07, 6.45) is 1.95. The van der Waals surface area contributed by atoms with Crippen LogP contribution in [0.1, 0.15) is 23.2 Å². The smallest absolute Gasteiger partial charge is 0.253 e. The highest BCUT2D eigenvalue weighted by atomic mass is 16.5. The number of nitrogens with two attached hydrogens (primary N) is 1. The molecule has 2 rings (SSSR count). The Kier molecular flexibility index (Phi) is 4.27. The van der Waals surface area contributed by atoms with Crippen molar-refractivity contribution >= 4 is 17.3 Å². The zero-order chi connectivity index (χ0) is 13.8. The quantitative estimate of drug-likeness (QED) is 0.805. The highest BCUT2D eigenvalue weighted by Gasteiger charge is 2.19. The molecule has 1 saturated heterocycles. The minimum absolute atomic E-state index is 0.0912. The van der Waals surface area contributed by atoms with Crippen LogP contribution < -0.4 is 16.0 Å². The van der Waals surface area contributed by atoms with Gasteiger partial charge >= 0.3 is 0 Å². The Labute approximate surface area is 113 Å². The summed E-state index contributed by atoms with van der Waals surface area (Å²) in [6, 6.07) is 5.48. The maximum absolute atomic E-state index is 12.3. The van der Waals surface area contributed by atoms with E-state index in [2.05, 4.69) is 5.32 Å². The minimum atomic E-state index is -0.0912. The van der Waals surface area contributed by atoms with Gasteiger partial charge in [-0.15, -0.1) is 0 Å². The normalized spacial score (nSPS) is 18.9. The molecule has 1 fully saturated rings. The van der Waals surface area contributed by atoms with Crippen molar-refractivity contribution in [1.82, 2.24) is 5.32 Å². The van der Waals surface area contributed by atoms with Crippen molar-refractivity contribution in [1.29, 1.82) is 0 Å². The van der Waals surface area contributed by atoms with Crippen LogP contribution in [0.25, 0.3) is 0 Å². The van der Waals surface area contributed by atoms with Crippen LogP contribution >= 0.6 is 0 Å². The van der Waals surface area contributed by atoms with E-state index < -0.39 is 0 Å². The van der Waals surface area contributed by atoms with E-state index in [4.69, 9.17) is 10.5 Å². The highest BCUT2D eigenvalue weighted by Crippen LogP contribution is 2.21. The topological polar surface area (TPSA) is 67.6 Å². The summed E-state index contributed by atoms with van der Waals surface area (Å²) < 4.78 is 5.37. The number of ether oxygens (including phenoxy) is 1. The molecule has 1 unspecified atom stereocenters. The van der Waals surface area contributed by atoms with Gasteiger partial charge in [0.2, 0.25) is 0 Å². The van der Waals surface area contributed by atoms with Crippen molar-refractivity contribution in [2.24, 2.45) is 0 Å². The second kappa shape index (κ2) is 5.93. The molecule has 0 bridgehead atoms. The van der Waals surface area contributed by atoms with Crippen LogP contribution in [-0.4, -0.2) is 39.3 Å². The zero-order valence-electron chi connectivity index (χ0n) is 11.5. The van der Waals surface area contributed by atoms with E-state index in [0.29, 0.717) is 17.9 Å². The van der Waals surface area contributed by atoms with Gasteiger partial charge in [0.15, 0.2) is 0 Å². The molecule has 0 aliphatic carbocycles. The number of carbonyl (C=O) groups excluding carboxylic acids is 1. The first-order valence-electron chi connectivity index (χ1n) is 6.53. The average Bonchev–Trinajstić information content (AvgIpc) is 2.39. The summed E-state index contributed by atoms with van der Waals surface area (Å²) in [5, 5.41) is 3.01. The number of nitrogens with one attached hydrogen (secondary N) is 1. The lowest BCUT2D eigenvalue weighted by molar-refractivity contribution is 0.0624. The number of amides is 1. The molecule has 0 spiro atoms. The number of nitrogen functional groups attached to an aromatic ring is 1. The lowest BCUT2D eigenvalue weighted by Gasteiger charge is -2.24. The molecule has 0 saturated carbocycles. The molecule has 0 aromatic heterocycles. The number of rotatable bonds is 3. The van der Waals surface area contributed by atoms with E-state index in [-0.39, 0.29) is 11.9 Å². The van der Waals surface area contributed by atoms with Crippen LogP contribution in [0.2, 0.25) is 0 Å². The van der Waals surface area contributed by atoms with Gasteiger partial charge in [-0.1, -0.05) is 0 Å². The third-order valence-corrected chi connectivity index (χ3v) is 3.24. The summed E-state index contributed by atoms with van der Waals surface area (Å²) in [7, 11) is 3.82. The van der Waals surface area contributed by atoms with Crippen molar-refractivity contribution in [3.8, 4) is 0 Å². The number of nitrogens with zero attached hydrogens (tertiary/aromatic N) is 1. The summed E-state index contributed by atoms with van der Waals surface area (Å²) in [4.78, 5) is 14.2. The van der Waals surface area contributed by atoms with Gasteiger partial charge in [-0.2, -0.15) is 0 Å². The predicted molar refractivity (Wildman–Crippen MR) is 76.5 cm³/mol. The van der Waals surface area contributed by atoms with Crippen LogP contribution in [0.4, 0.5) is 11.4 Å². The maximum Gasteiger partial charge on any atom is 0.253 e. The third-order valence-electron chi connectivity index (χ3n) is 3.24. The van der Waals surface area contributed by atoms with Gasteiger partial charge in [0.1, 0.15) is 0 Å². The first kappa shape index (κ1) is 13.7. The molecule has 3 N–H and O–H groups in total. The van der Waals surface area contributed by atoms with E-state index >= 15 is 0 Å². The number of hydrogen-bond acceptors (Lipinski definition) is 4. The van der Waals surface area contributed by atoms with Crippen molar-refractivity contribution in [3.63, 3.8) is 0 Å². The first-order valence-corrected chi connectivity index (χ1v) is 6.53. The molecule has 1 aliphatic heterocycles. The van der Waals surface area contributed by atoms with E-state index in [9.17, 15) is 4.79 Å². The Morgan fingerprint density at radius 2 is 2.26 bits per heavy atom. The van der Waals surface area contributed by atoms with Crippen molar-refractivity contribution < 1.29 is 9.53 Å². The van der Waals surface area contributed by atoms with Gasteiger partial charge in [-0.3, -0.25) is 4.79 Å². The van der Waals surface area contributed by atoms with Gasteiger partial charge in [-0.25, -0.2) is 0 Å². The Morgan fingerprint density at radius 3 is 2.89 bits per heavy atom. The van der Waals surface area contributed by atoms with E-state index in [0.717, 1.165) is 25.1 Å². The molecule has 1 aromatic carbocycles. The van der Waals surface area contributed by atoms with Gasteiger partial charge in [-0.05, 0) is 31.0 Å². The molecule has 5 heteroatoms. The fourth-order valence-electron chi connectivity index (χ4n) is 2.24. The van der Waals surface area contributed by atoms with Gasteiger partial charge in [0.25, 0.3) is 5.91 Å². The Bertz CT molecular complexity index is 454. The van der Waals surface area contributed by atoms with Crippen LogP contribution in [0.15, 0.2) is 18.2 Å². The van der Waals surface area contributed by atoms with Gasteiger partial charge < -0.3 is 20.7 Å². The molecule has 1 amide bonds. The molecule has 19 heavy (non-hydrogen) atoms. The number of carbonyl (C=O) groups is 1. The van der Waals surface area contributed by atoms with Gasteiger partial charge in [0, 0.05) is 32.1 Å². The molecular formula is C14H21N3O2. The van der Waals surface area contributed by atoms with Crippen LogP contribution in [0, 0.1) is 0 Å². The standard InChI is InChI=1S/C14H21N3O2/c1-17(2)13-6-5-10(15)8-12(13)14(18)16-11-4-3-7-19-9-11/h5-6,8,11H,3-4,7,9,15H2,1-2H3,(H,16,18). The predicted octanol–water partition coefficient (Wildman–Crippen LogP) is 1.24. The van der Waals surface area contributed by atoms with Gasteiger partial charge in [0.05, 0.1) is 18.2 Å². The first-order chi connectivity index (χ1) is 9.08. The molecule has 0 radical (unpaired) electrons. The highest BCUT2D eigenvalue weighted by molar-refractivity contribution is 6.00. The van der Waals surface area contributed by atoms with E-state index in [1.807, 2.05) is 25.1 Å². The molecule has 1 aromatic rings. The summed E-state index contributed by atoms with van der Waals surface area (Å²) in [5.41, 5.74) is 7.84. The summed E-state index contributed by atoms with van der Waals surface area (Å²) in [5.74, 6) is -0.0912. The van der Waals surface area contributed by atoms with Crippen molar-refractivity contribution in [3.05, 3.63) is 23.8 Å². The second-order valence-corrected chi connectivity index (χ2v) is 5.06. The van der Waals surface area contributed by atoms with Crippen LogP contribution in [0.5, 0.6) is 0 Å². The molecule has 5 nitrogen and oxygen atoms in total.